The zero-order valence-electron chi connectivity index (χ0n) is 25.8. The van der Waals surface area contributed by atoms with E-state index in [1.807, 2.05) is 0 Å². The van der Waals surface area contributed by atoms with Crippen LogP contribution in [-0.2, 0) is 23.7 Å². The Bertz CT molecular complexity index is 1700. The van der Waals surface area contributed by atoms with Gasteiger partial charge in [-0.25, -0.2) is 0 Å². The van der Waals surface area contributed by atoms with Gasteiger partial charge in [0.15, 0.2) is 18.3 Å². The average Bonchev–Trinajstić information content (AvgIpc) is 3.38. The SMILES string of the molecule is O=c1c(O[C@@H]2O[C@H](CO)[C@@H](O[C@H]3O[C@@H](CO)[C@@H](O)[C@@H]3O[C@@H]3OC[C@H](O)[C@H](O)[C@@H]3O)[C@H](O)[C@H]2O)c(-c2ccc(O)cc2)oc2cc(O)cc(O)c12. The molecule has 50 heavy (non-hydrogen) atoms. The van der Waals surface area contributed by atoms with Crippen molar-refractivity contribution in [1.29, 1.82) is 0 Å². The number of aromatic hydroxyl groups is 3. The van der Waals surface area contributed by atoms with E-state index in [-0.39, 0.29) is 22.7 Å². The van der Waals surface area contributed by atoms with E-state index in [0.717, 1.165) is 12.1 Å². The highest BCUT2D eigenvalue weighted by atomic mass is 16.8. The first kappa shape index (κ1) is 36.1. The van der Waals surface area contributed by atoms with Crippen LogP contribution in [0.5, 0.6) is 23.0 Å². The summed E-state index contributed by atoms with van der Waals surface area (Å²) in [6, 6.07) is 7.21. The molecular weight excluding hydrogens is 676 g/mol. The van der Waals surface area contributed by atoms with E-state index in [0.29, 0.717) is 0 Å². The molecule has 274 valence electrons. The normalized spacial score (nSPS) is 36.1. The first-order valence-corrected chi connectivity index (χ1v) is 15.3. The first-order chi connectivity index (χ1) is 23.8. The van der Waals surface area contributed by atoms with Gasteiger partial charge >= 0.3 is 0 Å². The minimum atomic E-state index is -2.03. The van der Waals surface area contributed by atoms with Crippen LogP contribution < -0.4 is 10.2 Å². The molecule has 3 saturated heterocycles. The van der Waals surface area contributed by atoms with E-state index in [1.165, 1.54) is 24.3 Å². The highest BCUT2D eigenvalue weighted by molar-refractivity contribution is 5.88. The largest absolute Gasteiger partial charge is 0.508 e. The zero-order valence-corrected chi connectivity index (χ0v) is 25.8. The molecule has 13 atom stereocenters. The zero-order chi connectivity index (χ0) is 36.0. The van der Waals surface area contributed by atoms with Crippen molar-refractivity contribution in [3.05, 3.63) is 46.6 Å². The molecular formula is C31H36O19. The lowest BCUT2D eigenvalue weighted by Crippen LogP contribution is -2.62. The van der Waals surface area contributed by atoms with Gasteiger partial charge in [-0.1, -0.05) is 0 Å². The second-order valence-electron chi connectivity index (χ2n) is 12.0. The van der Waals surface area contributed by atoms with Crippen LogP contribution in [0, 0.1) is 0 Å². The molecule has 19 heteroatoms. The molecule has 0 aliphatic carbocycles. The molecule has 19 nitrogen and oxygen atoms in total. The maximum Gasteiger partial charge on any atom is 0.239 e. The second-order valence-corrected chi connectivity index (χ2v) is 12.0. The van der Waals surface area contributed by atoms with E-state index in [1.54, 1.807) is 0 Å². The van der Waals surface area contributed by atoms with Gasteiger partial charge < -0.3 is 89.0 Å². The summed E-state index contributed by atoms with van der Waals surface area (Å²) in [6.45, 7) is -2.07. The molecule has 3 aliphatic heterocycles. The molecule has 3 aliphatic rings. The van der Waals surface area contributed by atoms with Gasteiger partial charge in [-0.3, -0.25) is 4.79 Å². The average molecular weight is 713 g/mol. The number of hydrogen-bond acceptors (Lipinski definition) is 19. The molecule has 1 aromatic heterocycles. The molecule has 6 rings (SSSR count). The van der Waals surface area contributed by atoms with Crippen LogP contribution in [0.15, 0.2) is 45.6 Å². The number of benzene rings is 2. The Kier molecular flexibility index (Phi) is 10.5. The summed E-state index contributed by atoms with van der Waals surface area (Å²) in [4.78, 5) is 13.7. The van der Waals surface area contributed by atoms with E-state index in [9.17, 15) is 61.0 Å². The Morgan fingerprint density at radius 2 is 1.34 bits per heavy atom. The van der Waals surface area contributed by atoms with Crippen molar-refractivity contribution in [2.24, 2.45) is 0 Å². The summed E-state index contributed by atoms with van der Waals surface area (Å²) in [7, 11) is 0. The van der Waals surface area contributed by atoms with E-state index >= 15 is 0 Å². The standard InChI is InChI=1S/C31H36O19/c32-7-16-20(39)28(50-29-23(42)19(38)14(37)9-44-29)31(46-16)48-26-17(8-33)47-30(24(43)22(26)41)49-27-21(40)18-13(36)5-12(35)6-15(18)45-25(27)10-1-3-11(34)4-2-10/h1-6,14,16-17,19-20,22-24,26,28-39,41-43H,7-9H2/t14-,16-,17+,19-,20+,22+,23-,24+,26+,28-,29-,30-,31+/m0/s1. The number of aliphatic hydroxyl groups excluding tert-OH is 8. The minimum absolute atomic E-state index is 0.129. The molecule has 0 spiro atoms. The van der Waals surface area contributed by atoms with Crippen LogP contribution in [-0.4, -0.2) is 156 Å². The van der Waals surface area contributed by atoms with Crippen molar-refractivity contribution in [1.82, 2.24) is 0 Å². The third-order valence-electron chi connectivity index (χ3n) is 8.61. The van der Waals surface area contributed by atoms with Crippen LogP contribution >= 0.6 is 0 Å². The predicted octanol–water partition coefficient (Wildman–Crippen LogP) is -3.32. The van der Waals surface area contributed by atoms with E-state index in [2.05, 4.69) is 0 Å². The summed E-state index contributed by atoms with van der Waals surface area (Å²) in [5.41, 5.74) is -1.06. The monoisotopic (exact) mass is 712 g/mol. The maximum atomic E-state index is 13.7. The van der Waals surface area contributed by atoms with Gasteiger partial charge in [0.1, 0.15) is 89.3 Å². The summed E-state index contributed by atoms with van der Waals surface area (Å²) in [6.07, 6.45) is -21.7. The lowest BCUT2D eigenvalue weighted by molar-refractivity contribution is -0.333. The number of aliphatic hydroxyl groups is 8. The Morgan fingerprint density at radius 3 is 2.02 bits per heavy atom. The maximum absolute atomic E-state index is 13.7. The molecule has 0 bridgehead atoms. The predicted molar refractivity (Wildman–Crippen MR) is 161 cm³/mol. The highest BCUT2D eigenvalue weighted by Crippen LogP contribution is 2.38. The summed E-state index contributed by atoms with van der Waals surface area (Å²) < 4.78 is 39.5. The minimum Gasteiger partial charge on any atom is -0.508 e. The van der Waals surface area contributed by atoms with Crippen molar-refractivity contribution in [3.8, 4) is 34.3 Å². The third kappa shape index (κ3) is 6.72. The van der Waals surface area contributed by atoms with Gasteiger partial charge in [-0.15, -0.1) is 0 Å². The highest BCUT2D eigenvalue weighted by Gasteiger charge is 2.53. The van der Waals surface area contributed by atoms with Crippen LogP contribution in [0.4, 0.5) is 0 Å². The topological polar surface area (TPSA) is 308 Å². The molecule has 0 unspecified atom stereocenters. The van der Waals surface area contributed by atoms with E-state index < -0.39 is 128 Å². The van der Waals surface area contributed by atoms with Crippen molar-refractivity contribution in [2.75, 3.05) is 19.8 Å². The van der Waals surface area contributed by atoms with Gasteiger partial charge in [0, 0.05) is 17.7 Å². The molecule has 3 fully saturated rings. The Labute approximate surface area is 280 Å². The second kappa shape index (κ2) is 14.5. The summed E-state index contributed by atoms with van der Waals surface area (Å²) in [5.74, 6) is -2.14. The van der Waals surface area contributed by atoms with Crippen LogP contribution in [0.1, 0.15) is 0 Å². The smallest absolute Gasteiger partial charge is 0.239 e. The number of fused-ring (bicyclic) bond motifs is 1. The fraction of sp³-hybridized carbons (Fsp3) is 0.516. The summed E-state index contributed by atoms with van der Waals surface area (Å²) in [5, 5.41) is 113. The lowest BCUT2D eigenvalue weighted by Gasteiger charge is -2.43. The van der Waals surface area contributed by atoms with Gasteiger partial charge in [-0.2, -0.15) is 0 Å². The number of rotatable bonds is 9. The van der Waals surface area contributed by atoms with Crippen LogP contribution in [0.25, 0.3) is 22.3 Å². The molecule has 3 aromatic rings. The molecule has 0 amide bonds. The molecule has 0 saturated carbocycles. The number of phenols is 3. The number of hydrogen-bond donors (Lipinski definition) is 11. The Balaban J connectivity index is 1.27. The first-order valence-electron chi connectivity index (χ1n) is 15.3. The Hall–Kier alpha value is -3.67. The van der Waals surface area contributed by atoms with Crippen molar-refractivity contribution in [2.45, 2.75) is 79.9 Å². The molecule has 0 radical (unpaired) electrons. The number of ether oxygens (including phenoxy) is 6. The number of phenolic OH excluding ortho intramolecular Hbond substituents is 3. The Morgan fingerprint density at radius 1 is 0.700 bits per heavy atom. The quantitative estimate of drug-likeness (QED) is 0.103. The third-order valence-corrected chi connectivity index (χ3v) is 8.61. The fourth-order valence-corrected chi connectivity index (χ4v) is 5.93. The van der Waals surface area contributed by atoms with Crippen LogP contribution in [0.2, 0.25) is 0 Å². The van der Waals surface area contributed by atoms with E-state index in [4.69, 9.17) is 32.8 Å². The molecule has 11 N–H and O–H groups in total. The van der Waals surface area contributed by atoms with Gasteiger partial charge in [-0.05, 0) is 24.3 Å². The fourth-order valence-electron chi connectivity index (χ4n) is 5.93. The van der Waals surface area contributed by atoms with Crippen molar-refractivity contribution in [3.63, 3.8) is 0 Å². The van der Waals surface area contributed by atoms with Crippen molar-refractivity contribution >= 4 is 11.0 Å². The van der Waals surface area contributed by atoms with Crippen LogP contribution in [0.3, 0.4) is 0 Å². The van der Waals surface area contributed by atoms with Gasteiger partial charge in [0.05, 0.1) is 19.8 Å². The molecule has 2 aromatic carbocycles. The van der Waals surface area contributed by atoms with Gasteiger partial charge in [0.25, 0.3) is 0 Å². The van der Waals surface area contributed by atoms with Gasteiger partial charge in [0.2, 0.25) is 17.5 Å². The van der Waals surface area contributed by atoms with Crippen molar-refractivity contribution < 1.29 is 89.0 Å². The molecule has 4 heterocycles. The summed E-state index contributed by atoms with van der Waals surface area (Å²) >= 11 is 0. The lowest BCUT2D eigenvalue weighted by atomic mass is 9.98.